The Labute approximate surface area is 204 Å². The predicted octanol–water partition coefficient (Wildman–Crippen LogP) is 3.52. The van der Waals surface area contributed by atoms with Gasteiger partial charge in [-0.15, -0.1) is 24.0 Å². The van der Waals surface area contributed by atoms with E-state index in [1.165, 1.54) is 31.5 Å². The number of hydrogen-bond acceptors (Lipinski definition) is 3. The van der Waals surface area contributed by atoms with Gasteiger partial charge in [0.15, 0.2) is 5.96 Å². The van der Waals surface area contributed by atoms with Crippen LogP contribution in [0.2, 0.25) is 0 Å². The second-order valence-corrected chi connectivity index (χ2v) is 8.91. The van der Waals surface area contributed by atoms with Crippen LogP contribution in [0, 0.1) is 11.8 Å². The summed E-state index contributed by atoms with van der Waals surface area (Å²) < 4.78 is 2.26. The molecular weight excluding hydrogens is 499 g/mol. The molecule has 1 aromatic heterocycles. The second-order valence-electron chi connectivity index (χ2n) is 8.91. The molecule has 0 saturated carbocycles. The zero-order valence-electron chi connectivity index (χ0n) is 18.9. The summed E-state index contributed by atoms with van der Waals surface area (Å²) in [5, 5.41) is 3.68. The van der Waals surface area contributed by atoms with Crippen LogP contribution < -0.4 is 5.32 Å². The van der Waals surface area contributed by atoms with Crippen molar-refractivity contribution in [1.82, 2.24) is 24.7 Å². The molecule has 0 aliphatic carbocycles. The number of piperidine rings is 1. The van der Waals surface area contributed by atoms with Crippen molar-refractivity contribution in [2.75, 3.05) is 46.3 Å². The van der Waals surface area contributed by atoms with E-state index in [1.54, 1.807) is 0 Å². The predicted molar refractivity (Wildman–Crippen MR) is 138 cm³/mol. The first-order chi connectivity index (χ1) is 14.7. The van der Waals surface area contributed by atoms with Gasteiger partial charge in [0.25, 0.3) is 0 Å². The smallest absolute Gasteiger partial charge is 0.193 e. The van der Waals surface area contributed by atoms with Gasteiger partial charge in [0, 0.05) is 52.2 Å². The van der Waals surface area contributed by atoms with Crippen LogP contribution in [0.25, 0.3) is 0 Å². The standard InChI is InChI=1S/C24H36N6.HI/c1-20-8-14-29(18-23(20)30-15-11-26-19-30)24(25-2)27-16-22-10-13-28(17-22)12-9-21-6-4-3-5-7-21;/h3-7,11,15,19-20,22-23H,8-10,12-14,16-18H2,1-2H3,(H,25,27);1H. The van der Waals surface area contributed by atoms with Crippen molar-refractivity contribution >= 4 is 29.9 Å². The van der Waals surface area contributed by atoms with Crippen molar-refractivity contribution in [1.29, 1.82) is 0 Å². The molecule has 3 unspecified atom stereocenters. The van der Waals surface area contributed by atoms with Gasteiger partial charge in [-0.1, -0.05) is 37.3 Å². The normalized spacial score (nSPS) is 24.8. The van der Waals surface area contributed by atoms with Crippen molar-refractivity contribution in [3.63, 3.8) is 0 Å². The topological polar surface area (TPSA) is 48.7 Å². The number of aromatic nitrogens is 2. The van der Waals surface area contributed by atoms with Gasteiger partial charge < -0.3 is 19.7 Å². The highest BCUT2D eigenvalue weighted by atomic mass is 127. The van der Waals surface area contributed by atoms with Gasteiger partial charge in [-0.05, 0) is 43.2 Å². The molecule has 2 aromatic rings. The lowest BCUT2D eigenvalue weighted by molar-refractivity contribution is 0.188. The minimum atomic E-state index is 0. The van der Waals surface area contributed by atoms with E-state index < -0.39 is 0 Å². The molecule has 4 rings (SSSR count). The fraction of sp³-hybridized carbons (Fsp3) is 0.583. The van der Waals surface area contributed by atoms with Crippen molar-refractivity contribution in [3.8, 4) is 0 Å². The number of nitrogens with zero attached hydrogens (tertiary/aromatic N) is 5. The number of nitrogens with one attached hydrogen (secondary N) is 1. The molecule has 2 aliphatic heterocycles. The largest absolute Gasteiger partial charge is 0.356 e. The van der Waals surface area contributed by atoms with Crippen LogP contribution in [0.5, 0.6) is 0 Å². The van der Waals surface area contributed by atoms with E-state index in [1.807, 2.05) is 19.6 Å². The van der Waals surface area contributed by atoms with Crippen LogP contribution in [-0.4, -0.2) is 71.6 Å². The minimum absolute atomic E-state index is 0. The molecule has 3 heterocycles. The lowest BCUT2D eigenvalue weighted by atomic mass is 9.93. The molecule has 0 amide bonds. The van der Waals surface area contributed by atoms with Crippen LogP contribution in [0.1, 0.15) is 31.4 Å². The molecular formula is C24H37IN6. The molecule has 6 nitrogen and oxygen atoms in total. The SMILES string of the molecule is CN=C(NCC1CCN(CCc2ccccc2)C1)N1CCC(C)C(n2ccnc2)C1.I. The highest BCUT2D eigenvalue weighted by Crippen LogP contribution is 2.27. The molecule has 170 valence electrons. The highest BCUT2D eigenvalue weighted by Gasteiger charge is 2.29. The molecule has 2 saturated heterocycles. The highest BCUT2D eigenvalue weighted by molar-refractivity contribution is 14.0. The maximum atomic E-state index is 4.60. The number of hydrogen-bond donors (Lipinski definition) is 1. The molecule has 0 spiro atoms. The van der Waals surface area contributed by atoms with Crippen molar-refractivity contribution < 1.29 is 0 Å². The van der Waals surface area contributed by atoms with Gasteiger partial charge >= 0.3 is 0 Å². The van der Waals surface area contributed by atoms with Crippen LogP contribution in [0.4, 0.5) is 0 Å². The first-order valence-electron chi connectivity index (χ1n) is 11.4. The number of benzene rings is 1. The number of likely N-dealkylation sites (tertiary alicyclic amines) is 2. The summed E-state index contributed by atoms with van der Waals surface area (Å²) in [7, 11) is 1.91. The fourth-order valence-electron chi connectivity index (χ4n) is 4.88. The summed E-state index contributed by atoms with van der Waals surface area (Å²) >= 11 is 0. The first kappa shape index (κ1) is 24.0. The quantitative estimate of drug-likeness (QED) is 0.349. The molecule has 2 aliphatic rings. The molecule has 1 aromatic carbocycles. The second kappa shape index (κ2) is 11.9. The van der Waals surface area contributed by atoms with E-state index in [2.05, 4.69) is 73.1 Å². The Balaban J connectivity index is 0.00000272. The Morgan fingerprint density at radius 3 is 2.74 bits per heavy atom. The average molecular weight is 537 g/mol. The van der Waals surface area contributed by atoms with Gasteiger partial charge in [-0.3, -0.25) is 4.99 Å². The molecule has 7 heteroatoms. The molecule has 3 atom stereocenters. The third-order valence-corrected chi connectivity index (χ3v) is 6.82. The Morgan fingerprint density at radius 1 is 1.16 bits per heavy atom. The maximum Gasteiger partial charge on any atom is 0.193 e. The van der Waals surface area contributed by atoms with E-state index in [9.17, 15) is 0 Å². The number of aliphatic imine (C=N–C) groups is 1. The van der Waals surface area contributed by atoms with E-state index in [0.717, 1.165) is 38.6 Å². The number of halogens is 1. The third-order valence-electron chi connectivity index (χ3n) is 6.82. The van der Waals surface area contributed by atoms with E-state index in [-0.39, 0.29) is 24.0 Å². The Kier molecular flexibility index (Phi) is 9.19. The summed E-state index contributed by atoms with van der Waals surface area (Å²) in [6.07, 6.45) is 9.51. The van der Waals surface area contributed by atoms with E-state index in [0.29, 0.717) is 17.9 Å². The van der Waals surface area contributed by atoms with Gasteiger partial charge in [0.05, 0.1) is 12.4 Å². The third kappa shape index (κ3) is 6.44. The zero-order valence-corrected chi connectivity index (χ0v) is 21.2. The summed E-state index contributed by atoms with van der Waals surface area (Å²) in [6.45, 7) is 8.97. The molecule has 2 fully saturated rings. The molecule has 0 bridgehead atoms. The first-order valence-corrected chi connectivity index (χ1v) is 11.4. The minimum Gasteiger partial charge on any atom is -0.356 e. The van der Waals surface area contributed by atoms with Crippen LogP contribution >= 0.6 is 24.0 Å². The Hall–Kier alpha value is -1.61. The lowest BCUT2D eigenvalue weighted by Gasteiger charge is -2.39. The van der Waals surface area contributed by atoms with Crippen LogP contribution in [0.15, 0.2) is 54.0 Å². The Morgan fingerprint density at radius 2 is 2.00 bits per heavy atom. The lowest BCUT2D eigenvalue weighted by Crippen LogP contribution is -2.49. The molecule has 1 N–H and O–H groups in total. The average Bonchev–Trinajstić information content (AvgIpc) is 3.47. The summed E-state index contributed by atoms with van der Waals surface area (Å²) in [6, 6.07) is 11.3. The Bertz CT molecular complexity index is 794. The monoisotopic (exact) mass is 536 g/mol. The van der Waals surface area contributed by atoms with Gasteiger partial charge in [0.1, 0.15) is 0 Å². The van der Waals surface area contributed by atoms with Gasteiger partial charge in [0.2, 0.25) is 0 Å². The zero-order chi connectivity index (χ0) is 20.8. The van der Waals surface area contributed by atoms with Crippen molar-refractivity contribution in [2.45, 2.75) is 32.2 Å². The van der Waals surface area contributed by atoms with Crippen LogP contribution in [0.3, 0.4) is 0 Å². The van der Waals surface area contributed by atoms with Crippen molar-refractivity contribution in [2.24, 2.45) is 16.8 Å². The molecule has 31 heavy (non-hydrogen) atoms. The van der Waals surface area contributed by atoms with Crippen LogP contribution in [-0.2, 0) is 6.42 Å². The number of imidazole rings is 1. The van der Waals surface area contributed by atoms with Gasteiger partial charge in [-0.2, -0.15) is 0 Å². The van der Waals surface area contributed by atoms with Crippen molar-refractivity contribution in [3.05, 3.63) is 54.6 Å². The summed E-state index contributed by atoms with van der Waals surface area (Å²) in [5.41, 5.74) is 1.44. The van der Waals surface area contributed by atoms with E-state index in [4.69, 9.17) is 0 Å². The fourth-order valence-corrected chi connectivity index (χ4v) is 4.88. The maximum absolute atomic E-state index is 4.60. The van der Waals surface area contributed by atoms with E-state index >= 15 is 0 Å². The summed E-state index contributed by atoms with van der Waals surface area (Å²) in [4.78, 5) is 13.9. The number of rotatable bonds is 6. The van der Waals surface area contributed by atoms with Gasteiger partial charge in [-0.25, -0.2) is 4.98 Å². The summed E-state index contributed by atoms with van der Waals surface area (Å²) in [5.74, 6) is 2.40. The number of guanidine groups is 1. The molecule has 0 radical (unpaired) electrons.